The van der Waals surface area contributed by atoms with Crippen molar-refractivity contribution in [1.82, 2.24) is 4.90 Å². The van der Waals surface area contributed by atoms with Crippen molar-refractivity contribution in [1.29, 1.82) is 0 Å². The highest BCUT2D eigenvalue weighted by atomic mass is 16.2. The Labute approximate surface area is 89.6 Å². The van der Waals surface area contributed by atoms with Gasteiger partial charge in [0.25, 0.3) is 11.7 Å². The minimum Gasteiger partial charge on any atom is -0.336 e. The van der Waals surface area contributed by atoms with Gasteiger partial charge in [-0.2, -0.15) is 0 Å². The van der Waals surface area contributed by atoms with Crippen molar-refractivity contribution >= 4 is 17.5 Å². The van der Waals surface area contributed by atoms with Crippen LogP contribution < -0.4 is 0 Å². The highest BCUT2D eigenvalue weighted by Gasteiger charge is 2.27. The molecule has 0 aromatic rings. The average Bonchev–Trinajstić information content (AvgIpc) is 2.28. The van der Waals surface area contributed by atoms with Gasteiger partial charge in [-0.3, -0.25) is 14.4 Å². The van der Waals surface area contributed by atoms with E-state index in [2.05, 4.69) is 0 Å². The van der Waals surface area contributed by atoms with Gasteiger partial charge in [0.2, 0.25) is 5.78 Å². The zero-order chi connectivity index (χ0) is 11.3. The minimum absolute atomic E-state index is 0.179. The fraction of sp³-hybridized carbons (Fsp3) is 0.727. The first kappa shape index (κ1) is 11.9. The molecule has 1 fully saturated rings. The van der Waals surface area contributed by atoms with Gasteiger partial charge in [-0.15, -0.1) is 0 Å². The lowest BCUT2D eigenvalue weighted by molar-refractivity contribution is -0.150. The maximum Gasteiger partial charge on any atom is 0.298 e. The third-order valence-electron chi connectivity index (χ3n) is 2.57. The number of amides is 1. The molecule has 84 valence electrons. The Bertz CT molecular complexity index is 267. The molecule has 1 saturated heterocycles. The van der Waals surface area contributed by atoms with Crippen molar-refractivity contribution in [2.24, 2.45) is 0 Å². The van der Waals surface area contributed by atoms with Crippen LogP contribution in [0.2, 0.25) is 0 Å². The Morgan fingerprint density at radius 1 is 1.07 bits per heavy atom. The fourth-order valence-corrected chi connectivity index (χ4v) is 1.70. The number of likely N-dealkylation sites (tertiary alicyclic amines) is 1. The van der Waals surface area contributed by atoms with E-state index in [1.165, 1.54) is 4.90 Å². The molecule has 0 atom stereocenters. The van der Waals surface area contributed by atoms with E-state index < -0.39 is 17.5 Å². The number of carbonyl (C=O) groups excluding carboxylic acids is 3. The van der Waals surface area contributed by atoms with Crippen molar-refractivity contribution in [3.05, 3.63) is 0 Å². The normalized spacial score (nSPS) is 16.2. The number of hydrogen-bond acceptors (Lipinski definition) is 3. The smallest absolute Gasteiger partial charge is 0.298 e. The lowest BCUT2D eigenvalue weighted by atomic mass is 10.1. The predicted octanol–water partition coefficient (Wildman–Crippen LogP) is 0.937. The molecule has 0 N–H and O–H groups in total. The first-order valence-electron chi connectivity index (χ1n) is 5.53. The summed E-state index contributed by atoms with van der Waals surface area (Å²) in [6.07, 6.45) is 3.75. The van der Waals surface area contributed by atoms with E-state index in [0.29, 0.717) is 19.5 Å². The van der Waals surface area contributed by atoms with E-state index in [1.54, 1.807) is 0 Å². The highest BCUT2D eigenvalue weighted by molar-refractivity contribution is 6.63. The van der Waals surface area contributed by atoms with Crippen LogP contribution in [0.4, 0.5) is 0 Å². The van der Waals surface area contributed by atoms with Gasteiger partial charge in [0.15, 0.2) is 0 Å². The number of piperidine rings is 1. The molecule has 1 rings (SSSR count). The first-order valence-corrected chi connectivity index (χ1v) is 5.53. The predicted molar refractivity (Wildman–Crippen MR) is 55.4 cm³/mol. The topological polar surface area (TPSA) is 54.5 Å². The molecule has 4 nitrogen and oxygen atoms in total. The minimum atomic E-state index is -0.834. The maximum atomic E-state index is 11.6. The fourth-order valence-electron chi connectivity index (χ4n) is 1.70. The van der Waals surface area contributed by atoms with Gasteiger partial charge < -0.3 is 4.90 Å². The molecular formula is C11H17NO3. The molecule has 1 aliphatic heterocycles. The van der Waals surface area contributed by atoms with Crippen molar-refractivity contribution in [3.63, 3.8) is 0 Å². The third kappa shape index (κ3) is 3.15. The Morgan fingerprint density at radius 2 is 1.67 bits per heavy atom. The van der Waals surface area contributed by atoms with E-state index in [4.69, 9.17) is 0 Å². The van der Waals surface area contributed by atoms with E-state index >= 15 is 0 Å². The molecule has 1 amide bonds. The van der Waals surface area contributed by atoms with Crippen molar-refractivity contribution in [2.45, 2.75) is 39.0 Å². The SMILES string of the molecule is CCCC(=O)C(=O)C(=O)N1CCCCC1. The number of Topliss-reactive ketones (excluding diaryl/α,β-unsaturated/α-hetero) is 2. The number of rotatable bonds is 4. The van der Waals surface area contributed by atoms with Gasteiger partial charge in [-0.05, 0) is 25.7 Å². The molecular weight excluding hydrogens is 194 g/mol. The van der Waals surface area contributed by atoms with Crippen molar-refractivity contribution in [2.75, 3.05) is 13.1 Å². The summed E-state index contributed by atoms with van der Waals surface area (Å²) in [5.41, 5.74) is 0. The Hall–Kier alpha value is -1.19. The first-order chi connectivity index (χ1) is 7.16. The van der Waals surface area contributed by atoms with E-state index in [9.17, 15) is 14.4 Å². The summed E-state index contributed by atoms with van der Waals surface area (Å²) in [6.45, 7) is 3.05. The summed E-state index contributed by atoms with van der Waals surface area (Å²) >= 11 is 0. The second-order valence-electron chi connectivity index (χ2n) is 3.86. The van der Waals surface area contributed by atoms with E-state index in [0.717, 1.165) is 19.3 Å². The molecule has 4 heteroatoms. The number of ketones is 2. The second-order valence-corrected chi connectivity index (χ2v) is 3.86. The summed E-state index contributed by atoms with van der Waals surface area (Å²) in [4.78, 5) is 35.7. The van der Waals surface area contributed by atoms with Gasteiger partial charge in [0, 0.05) is 19.5 Å². The van der Waals surface area contributed by atoms with Crippen LogP contribution in [0.1, 0.15) is 39.0 Å². The van der Waals surface area contributed by atoms with Crippen LogP contribution >= 0.6 is 0 Å². The lowest BCUT2D eigenvalue weighted by Gasteiger charge is -2.25. The summed E-state index contributed by atoms with van der Waals surface area (Å²) < 4.78 is 0. The van der Waals surface area contributed by atoms with Crippen LogP contribution in [0.3, 0.4) is 0 Å². The summed E-state index contributed by atoms with van der Waals surface area (Å²) in [7, 11) is 0. The molecule has 0 spiro atoms. The number of nitrogens with zero attached hydrogens (tertiary/aromatic N) is 1. The van der Waals surface area contributed by atoms with Gasteiger partial charge in [0.05, 0.1) is 0 Å². The average molecular weight is 211 g/mol. The molecule has 0 aliphatic carbocycles. The van der Waals surface area contributed by atoms with Crippen LogP contribution in [0.5, 0.6) is 0 Å². The van der Waals surface area contributed by atoms with Crippen LogP contribution in [-0.4, -0.2) is 35.5 Å². The molecule has 0 saturated carbocycles. The number of carbonyl (C=O) groups is 3. The second kappa shape index (κ2) is 5.63. The van der Waals surface area contributed by atoms with Crippen LogP contribution in [0.15, 0.2) is 0 Å². The van der Waals surface area contributed by atoms with E-state index in [-0.39, 0.29) is 6.42 Å². The molecule has 0 unspecified atom stereocenters. The quantitative estimate of drug-likeness (QED) is 0.513. The molecule has 15 heavy (non-hydrogen) atoms. The monoisotopic (exact) mass is 211 g/mol. The van der Waals surface area contributed by atoms with Crippen LogP contribution in [-0.2, 0) is 14.4 Å². The molecule has 1 aliphatic rings. The number of hydrogen-bond donors (Lipinski definition) is 0. The Morgan fingerprint density at radius 3 is 2.20 bits per heavy atom. The molecule has 0 bridgehead atoms. The summed E-state index contributed by atoms with van der Waals surface area (Å²) in [6, 6.07) is 0. The largest absolute Gasteiger partial charge is 0.336 e. The zero-order valence-corrected chi connectivity index (χ0v) is 9.12. The highest BCUT2D eigenvalue weighted by Crippen LogP contribution is 2.09. The molecule has 0 radical (unpaired) electrons. The van der Waals surface area contributed by atoms with Gasteiger partial charge in [0.1, 0.15) is 0 Å². The van der Waals surface area contributed by atoms with Crippen LogP contribution in [0, 0.1) is 0 Å². The van der Waals surface area contributed by atoms with Crippen LogP contribution in [0.25, 0.3) is 0 Å². The summed E-state index contributed by atoms with van der Waals surface area (Å²) in [5, 5.41) is 0. The van der Waals surface area contributed by atoms with Crippen molar-refractivity contribution < 1.29 is 14.4 Å². The Balaban J connectivity index is 2.51. The molecule has 1 heterocycles. The summed E-state index contributed by atoms with van der Waals surface area (Å²) in [5.74, 6) is -1.99. The lowest BCUT2D eigenvalue weighted by Crippen LogP contribution is -2.42. The van der Waals surface area contributed by atoms with Crippen molar-refractivity contribution in [3.8, 4) is 0 Å². The van der Waals surface area contributed by atoms with Gasteiger partial charge in [-0.25, -0.2) is 0 Å². The molecule has 0 aromatic heterocycles. The van der Waals surface area contributed by atoms with Gasteiger partial charge in [-0.1, -0.05) is 6.92 Å². The molecule has 0 aromatic carbocycles. The zero-order valence-electron chi connectivity index (χ0n) is 9.12. The Kier molecular flexibility index (Phi) is 4.46. The van der Waals surface area contributed by atoms with Gasteiger partial charge >= 0.3 is 0 Å². The van der Waals surface area contributed by atoms with E-state index in [1.807, 2.05) is 6.92 Å². The maximum absolute atomic E-state index is 11.6. The standard InChI is InChI=1S/C11H17NO3/c1-2-6-9(13)10(14)11(15)12-7-4-3-5-8-12/h2-8H2,1H3. The third-order valence-corrected chi connectivity index (χ3v) is 2.57.